The van der Waals surface area contributed by atoms with Gasteiger partial charge in [-0.25, -0.2) is 8.42 Å². The van der Waals surface area contributed by atoms with Crippen molar-refractivity contribution in [2.24, 2.45) is 5.92 Å². The van der Waals surface area contributed by atoms with Crippen LogP contribution >= 0.6 is 12.4 Å². The van der Waals surface area contributed by atoms with E-state index in [0.29, 0.717) is 29.9 Å². The highest BCUT2D eigenvalue weighted by Crippen LogP contribution is 2.26. The maximum absolute atomic E-state index is 12.8. The minimum absolute atomic E-state index is 0. The largest absolute Gasteiger partial charge is 0.493 e. The average molecular weight is 403 g/mol. The molecule has 0 unspecified atom stereocenters. The first-order valence-corrected chi connectivity index (χ1v) is 10.9. The van der Waals surface area contributed by atoms with E-state index in [-0.39, 0.29) is 12.4 Å². The third kappa shape index (κ3) is 5.35. The SMILES string of the molecule is CNC1CCN(S(=O)(=O)c2ccc(OCC3CCCCC3)cc2)CC1.Cl. The van der Waals surface area contributed by atoms with Crippen molar-refractivity contribution in [3.05, 3.63) is 24.3 Å². The second kappa shape index (κ2) is 9.93. The first-order valence-electron chi connectivity index (χ1n) is 9.50. The number of benzene rings is 1. The summed E-state index contributed by atoms with van der Waals surface area (Å²) in [5.74, 6) is 1.41. The van der Waals surface area contributed by atoms with Crippen molar-refractivity contribution in [1.29, 1.82) is 0 Å². The van der Waals surface area contributed by atoms with Crippen LogP contribution in [0, 0.1) is 5.92 Å². The summed E-state index contributed by atoms with van der Waals surface area (Å²) in [5.41, 5.74) is 0. The fourth-order valence-electron chi connectivity index (χ4n) is 3.81. The van der Waals surface area contributed by atoms with Gasteiger partial charge in [0.2, 0.25) is 10.0 Å². The Hall–Kier alpha value is -0.820. The quantitative estimate of drug-likeness (QED) is 0.791. The Morgan fingerprint density at radius 1 is 1.04 bits per heavy atom. The van der Waals surface area contributed by atoms with Gasteiger partial charge in [0.1, 0.15) is 5.75 Å². The molecule has 0 radical (unpaired) electrons. The molecule has 1 saturated heterocycles. The number of nitrogens with zero attached hydrogens (tertiary/aromatic N) is 1. The monoisotopic (exact) mass is 402 g/mol. The van der Waals surface area contributed by atoms with Crippen molar-refractivity contribution in [3.63, 3.8) is 0 Å². The second-order valence-electron chi connectivity index (χ2n) is 7.25. The maximum atomic E-state index is 12.8. The predicted molar refractivity (Wildman–Crippen MR) is 107 cm³/mol. The molecule has 1 heterocycles. The van der Waals surface area contributed by atoms with Gasteiger partial charge < -0.3 is 10.1 Å². The molecule has 0 amide bonds. The average Bonchev–Trinajstić information content (AvgIpc) is 2.67. The summed E-state index contributed by atoms with van der Waals surface area (Å²) in [7, 11) is -1.46. The lowest BCUT2D eigenvalue weighted by Gasteiger charge is -2.31. The second-order valence-corrected chi connectivity index (χ2v) is 9.19. The zero-order chi connectivity index (χ0) is 17.7. The third-order valence-corrected chi connectivity index (χ3v) is 7.45. The summed E-state index contributed by atoms with van der Waals surface area (Å²) in [6.07, 6.45) is 8.15. The van der Waals surface area contributed by atoms with Crippen molar-refractivity contribution in [2.75, 3.05) is 26.7 Å². The normalized spacial score (nSPS) is 20.5. The molecule has 1 aliphatic heterocycles. The Morgan fingerprint density at radius 3 is 2.23 bits per heavy atom. The van der Waals surface area contributed by atoms with Crippen molar-refractivity contribution < 1.29 is 13.2 Å². The van der Waals surface area contributed by atoms with Crippen LogP contribution in [0.5, 0.6) is 5.75 Å². The molecule has 2 aliphatic rings. The van der Waals surface area contributed by atoms with Gasteiger partial charge in [0.25, 0.3) is 0 Å². The predicted octanol–water partition coefficient (Wildman–Crippen LogP) is 3.44. The van der Waals surface area contributed by atoms with Crippen LogP contribution in [-0.2, 0) is 10.0 Å². The molecule has 0 bridgehead atoms. The fourth-order valence-corrected chi connectivity index (χ4v) is 5.28. The molecule has 1 saturated carbocycles. The molecule has 2 fully saturated rings. The van der Waals surface area contributed by atoms with Crippen LogP contribution in [-0.4, -0.2) is 45.5 Å². The number of nitrogens with one attached hydrogen (secondary N) is 1. The van der Waals surface area contributed by atoms with Gasteiger partial charge in [-0.2, -0.15) is 4.31 Å². The topological polar surface area (TPSA) is 58.6 Å². The Kier molecular flexibility index (Phi) is 8.20. The molecule has 3 rings (SSSR count). The minimum atomic E-state index is -3.40. The summed E-state index contributed by atoms with van der Waals surface area (Å²) in [4.78, 5) is 0.362. The van der Waals surface area contributed by atoms with E-state index in [1.807, 2.05) is 7.05 Å². The molecule has 148 valence electrons. The molecule has 1 aromatic rings. The van der Waals surface area contributed by atoms with Crippen molar-refractivity contribution in [2.45, 2.75) is 55.9 Å². The van der Waals surface area contributed by atoms with E-state index in [0.717, 1.165) is 25.2 Å². The van der Waals surface area contributed by atoms with Gasteiger partial charge in [0.15, 0.2) is 0 Å². The molecule has 0 atom stereocenters. The molecule has 5 nitrogen and oxygen atoms in total. The zero-order valence-electron chi connectivity index (χ0n) is 15.5. The Morgan fingerprint density at radius 2 is 1.65 bits per heavy atom. The maximum Gasteiger partial charge on any atom is 0.243 e. The van der Waals surface area contributed by atoms with Gasteiger partial charge >= 0.3 is 0 Å². The number of hydrogen-bond acceptors (Lipinski definition) is 4. The highest BCUT2D eigenvalue weighted by atomic mass is 35.5. The van der Waals surface area contributed by atoms with Crippen LogP contribution < -0.4 is 10.1 Å². The standard InChI is InChI=1S/C19H30N2O3S.ClH/c1-20-17-11-13-21(14-12-17)25(22,23)19-9-7-18(8-10-19)24-15-16-5-3-2-4-6-16;/h7-10,16-17,20H,2-6,11-15H2,1H3;1H. The Labute approximate surface area is 164 Å². The Bertz CT molecular complexity index is 637. The fraction of sp³-hybridized carbons (Fsp3) is 0.684. The van der Waals surface area contributed by atoms with E-state index in [1.54, 1.807) is 28.6 Å². The van der Waals surface area contributed by atoms with Crippen LogP contribution in [0.3, 0.4) is 0 Å². The lowest BCUT2D eigenvalue weighted by Crippen LogP contribution is -2.43. The molecular weight excluding hydrogens is 372 g/mol. The number of halogens is 1. The minimum Gasteiger partial charge on any atom is -0.493 e. The smallest absolute Gasteiger partial charge is 0.243 e. The number of hydrogen-bond donors (Lipinski definition) is 1. The molecular formula is C19H31ClN2O3S. The summed E-state index contributed by atoms with van der Waals surface area (Å²) in [6.45, 7) is 1.89. The van der Waals surface area contributed by atoms with Gasteiger partial charge in [-0.05, 0) is 62.9 Å². The Balaban J connectivity index is 0.00000243. The lowest BCUT2D eigenvalue weighted by molar-refractivity contribution is 0.208. The highest BCUT2D eigenvalue weighted by Gasteiger charge is 2.28. The van der Waals surface area contributed by atoms with E-state index in [4.69, 9.17) is 4.74 Å². The molecule has 7 heteroatoms. The molecule has 1 aromatic carbocycles. The third-order valence-electron chi connectivity index (χ3n) is 5.53. The number of piperidine rings is 1. The van der Waals surface area contributed by atoms with Gasteiger partial charge in [0, 0.05) is 19.1 Å². The van der Waals surface area contributed by atoms with E-state index < -0.39 is 10.0 Å². The van der Waals surface area contributed by atoms with E-state index in [9.17, 15) is 8.42 Å². The van der Waals surface area contributed by atoms with Crippen molar-refractivity contribution >= 4 is 22.4 Å². The van der Waals surface area contributed by atoms with E-state index >= 15 is 0 Å². The van der Waals surface area contributed by atoms with E-state index in [2.05, 4.69) is 5.32 Å². The van der Waals surface area contributed by atoms with Crippen LogP contribution in [0.2, 0.25) is 0 Å². The van der Waals surface area contributed by atoms with Crippen LogP contribution in [0.15, 0.2) is 29.2 Å². The molecule has 26 heavy (non-hydrogen) atoms. The van der Waals surface area contributed by atoms with Crippen molar-refractivity contribution in [1.82, 2.24) is 9.62 Å². The van der Waals surface area contributed by atoms with Crippen LogP contribution in [0.25, 0.3) is 0 Å². The summed E-state index contributed by atoms with van der Waals surface area (Å²) in [5, 5.41) is 3.23. The van der Waals surface area contributed by atoms with Crippen LogP contribution in [0.4, 0.5) is 0 Å². The number of rotatable bonds is 6. The highest BCUT2D eigenvalue weighted by molar-refractivity contribution is 7.89. The summed E-state index contributed by atoms with van der Waals surface area (Å²) < 4.78 is 33.0. The van der Waals surface area contributed by atoms with Gasteiger partial charge in [-0.3, -0.25) is 0 Å². The van der Waals surface area contributed by atoms with Gasteiger partial charge in [0.05, 0.1) is 11.5 Å². The molecule has 0 aromatic heterocycles. The van der Waals surface area contributed by atoms with Crippen molar-refractivity contribution in [3.8, 4) is 5.75 Å². The summed E-state index contributed by atoms with van der Waals surface area (Å²) in [6, 6.07) is 7.35. The lowest BCUT2D eigenvalue weighted by atomic mass is 9.90. The van der Waals surface area contributed by atoms with Gasteiger partial charge in [-0.1, -0.05) is 19.3 Å². The molecule has 1 N–H and O–H groups in total. The van der Waals surface area contributed by atoms with E-state index in [1.165, 1.54) is 32.1 Å². The number of ether oxygens (including phenoxy) is 1. The first-order chi connectivity index (χ1) is 12.1. The molecule has 1 aliphatic carbocycles. The zero-order valence-corrected chi connectivity index (χ0v) is 17.2. The van der Waals surface area contributed by atoms with Gasteiger partial charge in [-0.15, -0.1) is 12.4 Å². The molecule has 0 spiro atoms. The van der Waals surface area contributed by atoms with Crippen LogP contribution in [0.1, 0.15) is 44.9 Å². The number of sulfonamides is 1. The summed E-state index contributed by atoms with van der Waals surface area (Å²) >= 11 is 0. The first kappa shape index (κ1) is 21.5.